The minimum Gasteiger partial charge on any atom is -0.507 e. The van der Waals surface area contributed by atoms with Crippen LogP contribution in [0.2, 0.25) is 0 Å². The number of nitrogens with one attached hydrogen (secondary N) is 1. The van der Waals surface area contributed by atoms with Crippen molar-refractivity contribution in [2.45, 2.75) is 50.2 Å². The molecule has 5 heterocycles. The molecule has 4 aromatic rings. The summed E-state index contributed by atoms with van der Waals surface area (Å²) in [6, 6.07) is 9.09. The zero-order valence-corrected chi connectivity index (χ0v) is 17.4. The number of phenols is 1. The van der Waals surface area contributed by atoms with E-state index in [1.807, 2.05) is 37.6 Å². The first-order chi connectivity index (χ1) is 15.1. The van der Waals surface area contributed by atoms with E-state index in [-0.39, 0.29) is 5.75 Å². The highest BCUT2D eigenvalue weighted by atomic mass is 16.3. The van der Waals surface area contributed by atoms with Crippen molar-refractivity contribution in [3.05, 3.63) is 42.9 Å². The van der Waals surface area contributed by atoms with Crippen LogP contribution in [0.25, 0.3) is 33.4 Å². The number of fused-ring (bicyclic) bond motifs is 3. The van der Waals surface area contributed by atoms with E-state index < -0.39 is 0 Å². The maximum atomic E-state index is 10.7. The summed E-state index contributed by atoms with van der Waals surface area (Å²) >= 11 is 0. The predicted molar refractivity (Wildman–Crippen MR) is 117 cm³/mol. The Morgan fingerprint density at radius 3 is 2.58 bits per heavy atom. The number of rotatable bonds is 3. The van der Waals surface area contributed by atoms with Gasteiger partial charge in [0.1, 0.15) is 5.75 Å². The lowest BCUT2D eigenvalue weighted by Gasteiger charge is -2.40. The van der Waals surface area contributed by atoms with Gasteiger partial charge in [-0.15, -0.1) is 10.2 Å². The lowest BCUT2D eigenvalue weighted by Crippen LogP contribution is -2.49. The third-order valence-electron chi connectivity index (χ3n) is 6.69. The van der Waals surface area contributed by atoms with Gasteiger partial charge in [0.05, 0.1) is 24.1 Å². The second kappa shape index (κ2) is 7.16. The van der Waals surface area contributed by atoms with Crippen LogP contribution in [0.15, 0.2) is 42.9 Å². The Kier molecular flexibility index (Phi) is 4.27. The molecule has 2 N–H and O–H groups in total. The van der Waals surface area contributed by atoms with E-state index in [9.17, 15) is 5.11 Å². The minimum atomic E-state index is 0.175. The van der Waals surface area contributed by atoms with Crippen LogP contribution in [0, 0.1) is 0 Å². The topological polar surface area (TPSA) is 93.7 Å². The number of hydrogen-bond donors (Lipinski definition) is 2. The molecule has 6 rings (SSSR count). The third kappa shape index (κ3) is 3.27. The van der Waals surface area contributed by atoms with E-state index >= 15 is 0 Å². The fourth-order valence-corrected chi connectivity index (χ4v) is 5.18. The zero-order chi connectivity index (χ0) is 20.9. The number of benzene rings is 1. The quantitative estimate of drug-likeness (QED) is 0.532. The summed E-state index contributed by atoms with van der Waals surface area (Å²) in [4.78, 5) is 0. The second-order valence-electron chi connectivity index (χ2n) is 8.85. The van der Waals surface area contributed by atoms with E-state index in [2.05, 4.69) is 30.4 Å². The third-order valence-corrected chi connectivity index (χ3v) is 6.69. The van der Waals surface area contributed by atoms with Crippen LogP contribution >= 0.6 is 0 Å². The molecule has 0 aliphatic carbocycles. The number of piperidine rings is 2. The smallest absolute Gasteiger partial charge is 0.180 e. The van der Waals surface area contributed by atoms with Gasteiger partial charge in [0.25, 0.3) is 0 Å². The molecule has 3 aromatic heterocycles. The molecule has 8 nitrogen and oxygen atoms in total. The Bertz CT molecular complexity index is 1250. The summed E-state index contributed by atoms with van der Waals surface area (Å²) < 4.78 is 3.80. The molecule has 2 fully saturated rings. The van der Waals surface area contributed by atoms with Gasteiger partial charge in [-0.1, -0.05) is 12.5 Å². The van der Waals surface area contributed by atoms with Crippen molar-refractivity contribution in [3.63, 3.8) is 0 Å². The molecular weight excluding hydrogens is 390 g/mol. The van der Waals surface area contributed by atoms with E-state index in [4.69, 9.17) is 0 Å². The van der Waals surface area contributed by atoms with Crippen LogP contribution in [0.3, 0.4) is 0 Å². The molecule has 31 heavy (non-hydrogen) atoms. The molecule has 3 atom stereocenters. The van der Waals surface area contributed by atoms with Crippen LogP contribution in [0.5, 0.6) is 5.75 Å². The summed E-state index contributed by atoms with van der Waals surface area (Å²) in [6.07, 6.45) is 11.6. The van der Waals surface area contributed by atoms with Crippen LogP contribution in [-0.4, -0.2) is 46.9 Å². The first kappa shape index (κ1) is 18.5. The molecule has 0 amide bonds. The fourth-order valence-electron chi connectivity index (χ4n) is 5.18. The summed E-state index contributed by atoms with van der Waals surface area (Å²) in [5, 5.41) is 33.2. The molecule has 2 bridgehead atoms. The number of nitrogens with zero attached hydrogens (tertiary/aromatic N) is 6. The number of aromatic nitrogens is 6. The highest BCUT2D eigenvalue weighted by Crippen LogP contribution is 2.36. The van der Waals surface area contributed by atoms with E-state index in [1.165, 1.54) is 19.3 Å². The number of aryl methyl sites for hydroxylation is 1. The Labute approximate surface area is 179 Å². The number of phenolic OH excluding ortho intramolecular Hbond substituents is 1. The maximum absolute atomic E-state index is 10.7. The van der Waals surface area contributed by atoms with Gasteiger partial charge in [0.15, 0.2) is 5.65 Å². The van der Waals surface area contributed by atoms with E-state index in [0.717, 1.165) is 35.0 Å². The van der Waals surface area contributed by atoms with Crippen molar-refractivity contribution in [2.75, 3.05) is 0 Å². The van der Waals surface area contributed by atoms with Crippen molar-refractivity contribution in [1.29, 1.82) is 0 Å². The molecule has 0 spiro atoms. The SMILES string of the molecule is Cn1cc(-c2ccc(-c3cc4cnn(C5CC6CCC[C@@H](C5)N6)c4nn3)c(O)c2)cn1. The number of hydrogen-bond acceptors (Lipinski definition) is 6. The van der Waals surface area contributed by atoms with Gasteiger partial charge in [-0.3, -0.25) is 4.68 Å². The molecular formula is C23H25N7O. The summed E-state index contributed by atoms with van der Waals surface area (Å²) in [7, 11) is 1.87. The second-order valence-corrected chi connectivity index (χ2v) is 8.85. The largest absolute Gasteiger partial charge is 0.507 e. The Balaban J connectivity index is 1.31. The summed E-state index contributed by atoms with van der Waals surface area (Å²) in [6.45, 7) is 0. The first-order valence-corrected chi connectivity index (χ1v) is 10.9. The number of aromatic hydroxyl groups is 1. The highest BCUT2D eigenvalue weighted by molar-refractivity contribution is 5.81. The monoisotopic (exact) mass is 415 g/mol. The van der Waals surface area contributed by atoms with Gasteiger partial charge in [0.2, 0.25) is 0 Å². The Morgan fingerprint density at radius 1 is 1.00 bits per heavy atom. The molecule has 2 aliphatic rings. The molecule has 158 valence electrons. The molecule has 0 saturated carbocycles. The zero-order valence-electron chi connectivity index (χ0n) is 17.4. The normalized spacial score (nSPS) is 23.3. The average molecular weight is 416 g/mol. The van der Waals surface area contributed by atoms with Crippen molar-refractivity contribution >= 4 is 11.0 Å². The van der Waals surface area contributed by atoms with Crippen LogP contribution in [0.4, 0.5) is 0 Å². The van der Waals surface area contributed by atoms with Gasteiger partial charge >= 0.3 is 0 Å². The van der Waals surface area contributed by atoms with Crippen LogP contribution in [-0.2, 0) is 7.05 Å². The molecule has 1 aromatic carbocycles. The van der Waals surface area contributed by atoms with Gasteiger partial charge in [-0.2, -0.15) is 10.2 Å². The predicted octanol–water partition coefficient (Wildman–Crippen LogP) is 3.45. The lowest BCUT2D eigenvalue weighted by atomic mass is 9.84. The van der Waals surface area contributed by atoms with Gasteiger partial charge in [-0.25, -0.2) is 4.68 Å². The molecule has 2 aliphatic heterocycles. The minimum absolute atomic E-state index is 0.175. The van der Waals surface area contributed by atoms with Gasteiger partial charge in [-0.05, 0) is 49.4 Å². The van der Waals surface area contributed by atoms with Crippen LogP contribution in [0.1, 0.15) is 38.1 Å². The van der Waals surface area contributed by atoms with Gasteiger partial charge in [0, 0.05) is 41.8 Å². The molecule has 2 unspecified atom stereocenters. The average Bonchev–Trinajstić information content (AvgIpc) is 3.39. The highest BCUT2D eigenvalue weighted by Gasteiger charge is 2.33. The maximum Gasteiger partial charge on any atom is 0.180 e. The van der Waals surface area contributed by atoms with Gasteiger partial charge < -0.3 is 10.4 Å². The Morgan fingerprint density at radius 2 is 1.84 bits per heavy atom. The van der Waals surface area contributed by atoms with E-state index in [0.29, 0.717) is 29.4 Å². The summed E-state index contributed by atoms with van der Waals surface area (Å²) in [5.41, 5.74) is 3.99. The molecule has 0 radical (unpaired) electrons. The summed E-state index contributed by atoms with van der Waals surface area (Å²) in [5.74, 6) is 0.175. The van der Waals surface area contributed by atoms with Crippen molar-refractivity contribution in [3.8, 4) is 28.1 Å². The standard InChI is InChI=1S/C23H25N7O/c1-29-13-16(12-24-29)14-5-6-20(22(31)8-14)21-7-15-11-25-30(23(15)28-27-21)19-9-17-3-2-4-18(10-19)26-17/h5-8,11-13,17-19,26,31H,2-4,9-10H2,1H3/t17-,18?,19?/m0/s1. The van der Waals surface area contributed by atoms with E-state index in [1.54, 1.807) is 16.9 Å². The fraction of sp³-hybridized carbons (Fsp3) is 0.391. The first-order valence-electron chi connectivity index (χ1n) is 10.9. The lowest BCUT2D eigenvalue weighted by molar-refractivity contribution is 0.182. The molecule has 8 heteroatoms. The van der Waals surface area contributed by atoms with Crippen molar-refractivity contribution in [1.82, 2.24) is 35.1 Å². The van der Waals surface area contributed by atoms with Crippen LogP contribution < -0.4 is 5.32 Å². The molecule has 2 saturated heterocycles. The Hall–Kier alpha value is -3.26. The van der Waals surface area contributed by atoms with Crippen molar-refractivity contribution in [2.24, 2.45) is 7.05 Å². The van der Waals surface area contributed by atoms with Crippen molar-refractivity contribution < 1.29 is 5.11 Å².